The molecule has 0 fully saturated rings. The Labute approximate surface area is 139 Å². The Balaban J connectivity index is 0.00000116. The zero-order chi connectivity index (χ0) is 16.7. The molecule has 1 aliphatic rings. The van der Waals surface area contributed by atoms with Gasteiger partial charge < -0.3 is 10.2 Å². The van der Waals surface area contributed by atoms with Gasteiger partial charge in [-0.2, -0.15) is 4.98 Å². The Morgan fingerprint density at radius 2 is 2.05 bits per heavy atom. The van der Waals surface area contributed by atoms with E-state index in [1.807, 2.05) is 13.8 Å². The van der Waals surface area contributed by atoms with Crippen LogP contribution in [-0.2, 0) is 22.0 Å². The van der Waals surface area contributed by atoms with E-state index in [0.717, 1.165) is 5.69 Å². The second-order valence-corrected chi connectivity index (χ2v) is 6.58. The minimum absolute atomic E-state index is 0.0846. The molecule has 6 nitrogen and oxygen atoms in total. The maximum Gasteiger partial charge on any atom is 0.224 e. The predicted octanol–water partition coefficient (Wildman–Crippen LogP) is 2.10. The van der Waals surface area contributed by atoms with E-state index in [0.29, 0.717) is 42.3 Å². The molecule has 0 aromatic carbocycles. The summed E-state index contributed by atoms with van der Waals surface area (Å²) >= 11 is 5.86. The summed E-state index contributed by atoms with van der Waals surface area (Å²) in [7, 11) is 2.40. The Bertz CT molecular complexity index is 552. The van der Waals surface area contributed by atoms with Gasteiger partial charge in [-0.05, 0) is 18.0 Å². The number of amides is 1. The van der Waals surface area contributed by atoms with Crippen molar-refractivity contribution in [1.29, 1.82) is 0 Å². The van der Waals surface area contributed by atoms with Crippen LogP contribution in [0.2, 0.25) is 5.28 Å². The van der Waals surface area contributed by atoms with Gasteiger partial charge in [-0.15, -0.1) is 0 Å². The van der Waals surface area contributed by atoms with E-state index in [4.69, 9.17) is 11.6 Å². The molecule has 0 radical (unpaired) electrons. The number of carbonyl (C=O) groups excluding carboxylic acids is 1. The fourth-order valence-electron chi connectivity index (χ4n) is 1.96. The van der Waals surface area contributed by atoms with E-state index < -0.39 is 10.8 Å². The lowest BCUT2D eigenvalue weighted by Crippen LogP contribution is -2.22. The summed E-state index contributed by atoms with van der Waals surface area (Å²) in [5, 5.41) is 3.27. The van der Waals surface area contributed by atoms with Crippen molar-refractivity contribution in [3.8, 4) is 0 Å². The van der Waals surface area contributed by atoms with Crippen LogP contribution < -0.4 is 5.32 Å². The van der Waals surface area contributed by atoms with Crippen molar-refractivity contribution in [2.75, 3.05) is 31.7 Å². The van der Waals surface area contributed by atoms with Gasteiger partial charge in [-0.1, -0.05) is 13.8 Å². The maximum atomic E-state index is 11.9. The van der Waals surface area contributed by atoms with Crippen LogP contribution in [0.5, 0.6) is 0 Å². The number of anilines is 1. The molecule has 0 spiro atoms. The van der Waals surface area contributed by atoms with Gasteiger partial charge in [-0.3, -0.25) is 9.00 Å². The predicted molar refractivity (Wildman–Crippen MR) is 89.8 cm³/mol. The first-order valence-electron chi connectivity index (χ1n) is 7.38. The van der Waals surface area contributed by atoms with Gasteiger partial charge in [0.2, 0.25) is 11.2 Å². The lowest BCUT2D eigenvalue weighted by Gasteiger charge is -2.11. The third-order valence-electron chi connectivity index (χ3n) is 3.02. The molecule has 1 N–H and O–H groups in total. The van der Waals surface area contributed by atoms with Gasteiger partial charge in [0.25, 0.3) is 0 Å². The molecule has 2 heterocycles. The number of hydrogen-bond donors (Lipinski definition) is 1. The minimum atomic E-state index is -1.06. The molecule has 22 heavy (non-hydrogen) atoms. The van der Waals surface area contributed by atoms with E-state index in [1.54, 1.807) is 19.0 Å². The molecule has 1 aromatic heterocycles. The lowest BCUT2D eigenvalue weighted by atomic mass is 10.3. The quantitative estimate of drug-likeness (QED) is 0.652. The molecule has 0 saturated carbocycles. The zero-order valence-corrected chi connectivity index (χ0v) is 15.1. The monoisotopic (exact) mass is 346 g/mol. The SMILES string of the molecule is CC.CN(C)C(=O)CCCNc1nc(Cl)nc2c1S(=O)CC2. The van der Waals surface area contributed by atoms with Gasteiger partial charge in [0.15, 0.2) is 0 Å². The fourth-order valence-corrected chi connectivity index (χ4v) is 3.47. The van der Waals surface area contributed by atoms with Crippen molar-refractivity contribution in [2.45, 2.75) is 38.0 Å². The highest BCUT2D eigenvalue weighted by atomic mass is 35.5. The first-order chi connectivity index (χ1) is 10.5. The van der Waals surface area contributed by atoms with Crippen LogP contribution >= 0.6 is 11.6 Å². The molecule has 1 unspecified atom stereocenters. The summed E-state index contributed by atoms with van der Waals surface area (Å²) in [6.45, 7) is 4.58. The van der Waals surface area contributed by atoms with Crippen molar-refractivity contribution in [2.24, 2.45) is 0 Å². The van der Waals surface area contributed by atoms with Crippen LogP contribution in [0.4, 0.5) is 5.82 Å². The molecule has 0 bridgehead atoms. The standard InChI is InChI=1S/C12H17ClN4O2S.C2H6/c1-17(2)9(18)4-3-6-14-11-10-8(5-7-20(10)19)15-12(13)16-11;1-2/h3-7H2,1-2H3,(H,14,15,16);1-2H3. The summed E-state index contributed by atoms with van der Waals surface area (Å²) in [6, 6.07) is 0. The zero-order valence-electron chi connectivity index (χ0n) is 13.5. The third-order valence-corrected chi connectivity index (χ3v) is 4.65. The van der Waals surface area contributed by atoms with Crippen molar-refractivity contribution in [3.05, 3.63) is 11.0 Å². The van der Waals surface area contributed by atoms with Gasteiger partial charge in [0, 0.05) is 39.2 Å². The van der Waals surface area contributed by atoms with E-state index in [2.05, 4.69) is 15.3 Å². The molecule has 2 rings (SSSR count). The van der Waals surface area contributed by atoms with E-state index in [9.17, 15) is 9.00 Å². The summed E-state index contributed by atoms with van der Waals surface area (Å²) in [4.78, 5) is 21.9. The molecular weight excluding hydrogens is 324 g/mol. The molecule has 0 saturated heterocycles. The van der Waals surface area contributed by atoms with Crippen LogP contribution in [0.1, 0.15) is 32.4 Å². The highest BCUT2D eigenvalue weighted by Gasteiger charge is 2.25. The minimum Gasteiger partial charge on any atom is -0.369 e. The summed E-state index contributed by atoms with van der Waals surface area (Å²) in [5.41, 5.74) is 0.759. The molecule has 1 aliphatic heterocycles. The molecule has 1 amide bonds. The largest absolute Gasteiger partial charge is 0.369 e. The third kappa shape index (κ3) is 4.91. The fraction of sp³-hybridized carbons (Fsp3) is 0.643. The number of rotatable bonds is 5. The van der Waals surface area contributed by atoms with E-state index in [-0.39, 0.29) is 11.2 Å². The van der Waals surface area contributed by atoms with Crippen LogP contribution in [0.15, 0.2) is 4.90 Å². The Morgan fingerprint density at radius 1 is 1.36 bits per heavy atom. The number of nitrogens with zero attached hydrogens (tertiary/aromatic N) is 3. The number of halogens is 1. The highest BCUT2D eigenvalue weighted by Crippen LogP contribution is 2.28. The average Bonchev–Trinajstić information content (AvgIpc) is 2.86. The van der Waals surface area contributed by atoms with Gasteiger partial charge in [0.1, 0.15) is 10.7 Å². The van der Waals surface area contributed by atoms with Crippen molar-refractivity contribution >= 4 is 34.1 Å². The Hall–Kier alpha value is -1.21. The number of fused-ring (bicyclic) bond motifs is 1. The first kappa shape index (κ1) is 18.8. The van der Waals surface area contributed by atoms with Crippen molar-refractivity contribution < 1.29 is 9.00 Å². The maximum absolute atomic E-state index is 11.9. The summed E-state index contributed by atoms with van der Waals surface area (Å²) < 4.78 is 11.9. The summed E-state index contributed by atoms with van der Waals surface area (Å²) in [5.74, 6) is 1.19. The lowest BCUT2D eigenvalue weighted by molar-refractivity contribution is -0.128. The second kappa shape index (κ2) is 9.05. The molecule has 1 aromatic rings. The van der Waals surface area contributed by atoms with E-state index in [1.165, 1.54) is 0 Å². The molecular formula is C14H23ClN4O2S. The number of hydrogen-bond acceptors (Lipinski definition) is 5. The average molecular weight is 347 g/mol. The molecule has 124 valence electrons. The second-order valence-electron chi connectivity index (χ2n) is 4.74. The topological polar surface area (TPSA) is 75.2 Å². The number of carbonyl (C=O) groups is 1. The smallest absolute Gasteiger partial charge is 0.224 e. The van der Waals surface area contributed by atoms with Gasteiger partial charge in [0.05, 0.1) is 16.5 Å². The van der Waals surface area contributed by atoms with Gasteiger partial charge >= 0.3 is 0 Å². The molecule has 8 heteroatoms. The molecule has 0 aliphatic carbocycles. The Morgan fingerprint density at radius 3 is 2.68 bits per heavy atom. The Kier molecular flexibility index (Phi) is 7.75. The number of nitrogens with one attached hydrogen (secondary N) is 1. The van der Waals surface area contributed by atoms with E-state index >= 15 is 0 Å². The first-order valence-corrected chi connectivity index (χ1v) is 9.07. The van der Waals surface area contributed by atoms with Crippen LogP contribution in [0.25, 0.3) is 0 Å². The van der Waals surface area contributed by atoms with Crippen molar-refractivity contribution in [1.82, 2.24) is 14.9 Å². The summed E-state index contributed by atoms with van der Waals surface area (Å²) in [6.07, 6.45) is 1.81. The highest BCUT2D eigenvalue weighted by molar-refractivity contribution is 7.85. The molecule has 1 atom stereocenters. The number of aryl methyl sites for hydroxylation is 1. The normalized spacial score (nSPS) is 15.6. The van der Waals surface area contributed by atoms with Crippen LogP contribution in [0, 0.1) is 0 Å². The van der Waals surface area contributed by atoms with Crippen molar-refractivity contribution in [3.63, 3.8) is 0 Å². The van der Waals surface area contributed by atoms with Gasteiger partial charge in [-0.25, -0.2) is 4.98 Å². The van der Waals surface area contributed by atoms with Crippen LogP contribution in [-0.4, -0.2) is 51.4 Å². The number of aromatic nitrogens is 2. The van der Waals surface area contributed by atoms with Crippen LogP contribution in [0.3, 0.4) is 0 Å².